The van der Waals surface area contributed by atoms with Gasteiger partial charge in [-0.3, -0.25) is 4.79 Å². The molecule has 0 aromatic heterocycles. The molecule has 27 heavy (non-hydrogen) atoms. The lowest BCUT2D eigenvalue weighted by Gasteiger charge is -2.57. The highest BCUT2D eigenvalue weighted by molar-refractivity contribution is 5.87. The Labute approximate surface area is 166 Å². The molecular formula is C24H41NO2. The molecule has 3 nitrogen and oxygen atoms in total. The molecule has 0 saturated heterocycles. The molecule has 4 aliphatic carbocycles. The van der Waals surface area contributed by atoms with Crippen molar-refractivity contribution >= 4 is 5.78 Å². The summed E-state index contributed by atoms with van der Waals surface area (Å²) in [6, 6.07) is 0. The number of carbonyl (C=O) groups is 1. The van der Waals surface area contributed by atoms with E-state index in [9.17, 15) is 4.79 Å². The van der Waals surface area contributed by atoms with Gasteiger partial charge in [-0.05, 0) is 88.1 Å². The van der Waals surface area contributed by atoms with Crippen LogP contribution in [0.15, 0.2) is 11.6 Å². The molecule has 3 heteroatoms. The van der Waals surface area contributed by atoms with Crippen LogP contribution in [0.25, 0.3) is 0 Å². The lowest BCUT2D eigenvalue weighted by atomic mass is 9.47. The zero-order valence-electron chi connectivity index (χ0n) is 17.0. The molecule has 0 heterocycles. The van der Waals surface area contributed by atoms with E-state index in [1.54, 1.807) is 5.57 Å². The standard InChI is InChI=1S/C23H37NO2.CH4/c1-22-11-9-17(26-14-4-13-24-3)15-16(22)5-6-18-19-7-8-21(25)23(19,2)12-10-20(18)22;/h15,17-20,24H,4-14H2,1-3H3;1H4/t17-,18?,19?,20?,22-,23-;/m0./s1. The smallest absolute Gasteiger partial charge is 0.139 e. The lowest BCUT2D eigenvalue weighted by molar-refractivity contribution is -0.132. The Bertz CT molecular complexity index is 585. The maximum Gasteiger partial charge on any atom is 0.139 e. The predicted octanol–water partition coefficient (Wildman–Crippen LogP) is 5.15. The molecule has 0 amide bonds. The number of ether oxygens (including phenoxy) is 1. The summed E-state index contributed by atoms with van der Waals surface area (Å²) < 4.78 is 6.15. The highest BCUT2D eigenvalue weighted by Crippen LogP contribution is 2.64. The van der Waals surface area contributed by atoms with Crippen molar-refractivity contribution in [3.05, 3.63) is 11.6 Å². The second-order valence-corrected chi connectivity index (χ2v) is 9.85. The quantitative estimate of drug-likeness (QED) is 0.533. The van der Waals surface area contributed by atoms with Crippen LogP contribution in [-0.4, -0.2) is 32.1 Å². The number of nitrogens with one attached hydrogen (secondary N) is 1. The van der Waals surface area contributed by atoms with Gasteiger partial charge in [-0.1, -0.05) is 32.9 Å². The summed E-state index contributed by atoms with van der Waals surface area (Å²) in [5.74, 6) is 2.78. The van der Waals surface area contributed by atoms with Crippen LogP contribution in [0, 0.1) is 28.6 Å². The summed E-state index contributed by atoms with van der Waals surface area (Å²) in [4.78, 5) is 12.5. The van der Waals surface area contributed by atoms with Crippen LogP contribution in [0.1, 0.15) is 79.1 Å². The third-order valence-electron chi connectivity index (χ3n) is 8.68. The number of hydrogen-bond acceptors (Lipinski definition) is 3. The van der Waals surface area contributed by atoms with Crippen molar-refractivity contribution in [1.29, 1.82) is 0 Å². The first-order chi connectivity index (χ1) is 12.5. The number of rotatable bonds is 5. The van der Waals surface area contributed by atoms with Gasteiger partial charge >= 0.3 is 0 Å². The summed E-state index contributed by atoms with van der Waals surface area (Å²) in [7, 11) is 2.00. The van der Waals surface area contributed by atoms with Crippen molar-refractivity contribution in [3.63, 3.8) is 0 Å². The molecule has 6 atom stereocenters. The van der Waals surface area contributed by atoms with E-state index in [-0.39, 0.29) is 12.8 Å². The first-order valence-electron chi connectivity index (χ1n) is 11.0. The maximum absolute atomic E-state index is 12.5. The molecule has 4 rings (SSSR count). The van der Waals surface area contributed by atoms with Crippen LogP contribution in [0.2, 0.25) is 0 Å². The van der Waals surface area contributed by atoms with Gasteiger partial charge in [0.1, 0.15) is 5.78 Å². The zero-order valence-corrected chi connectivity index (χ0v) is 17.0. The second kappa shape index (κ2) is 7.99. The van der Waals surface area contributed by atoms with Crippen LogP contribution >= 0.6 is 0 Å². The van der Waals surface area contributed by atoms with Crippen molar-refractivity contribution in [2.24, 2.45) is 28.6 Å². The van der Waals surface area contributed by atoms with E-state index in [1.807, 2.05) is 7.05 Å². The summed E-state index contributed by atoms with van der Waals surface area (Å²) >= 11 is 0. The zero-order chi connectivity index (χ0) is 18.4. The van der Waals surface area contributed by atoms with Crippen LogP contribution in [-0.2, 0) is 9.53 Å². The van der Waals surface area contributed by atoms with Gasteiger partial charge < -0.3 is 10.1 Å². The highest BCUT2D eigenvalue weighted by atomic mass is 16.5. The van der Waals surface area contributed by atoms with Crippen LogP contribution in [0.5, 0.6) is 0 Å². The number of ketones is 1. The molecule has 154 valence electrons. The topological polar surface area (TPSA) is 38.3 Å². The van der Waals surface area contributed by atoms with Gasteiger partial charge in [0.25, 0.3) is 0 Å². The van der Waals surface area contributed by atoms with Gasteiger partial charge in [0.15, 0.2) is 0 Å². The number of Topliss-reactive ketones (excluding diaryl/α,β-unsaturated/α-hetero) is 1. The Balaban J connectivity index is 0.00000210. The fraction of sp³-hybridized carbons (Fsp3) is 0.875. The average Bonchev–Trinajstić information content (AvgIpc) is 2.94. The molecule has 0 radical (unpaired) electrons. The Kier molecular flexibility index (Phi) is 6.23. The SMILES string of the molecule is C.CNCCCO[C@@H]1C=C2CCC3C(CC[C@]4(C)C(=O)CCC34)[C@@]2(C)CC1. The molecule has 0 aliphatic heterocycles. The first kappa shape index (κ1) is 21.0. The maximum atomic E-state index is 12.5. The summed E-state index contributed by atoms with van der Waals surface area (Å²) in [5.41, 5.74) is 2.05. The van der Waals surface area contributed by atoms with Crippen molar-refractivity contribution in [2.45, 2.75) is 85.2 Å². The summed E-state index contributed by atoms with van der Waals surface area (Å²) in [6.07, 6.45) is 13.3. The van der Waals surface area contributed by atoms with Gasteiger partial charge in [0.2, 0.25) is 0 Å². The van der Waals surface area contributed by atoms with Crippen molar-refractivity contribution in [2.75, 3.05) is 20.2 Å². The Morgan fingerprint density at radius 2 is 1.81 bits per heavy atom. The monoisotopic (exact) mass is 375 g/mol. The van der Waals surface area contributed by atoms with E-state index in [4.69, 9.17) is 4.74 Å². The van der Waals surface area contributed by atoms with E-state index in [2.05, 4.69) is 25.2 Å². The van der Waals surface area contributed by atoms with Gasteiger partial charge in [-0.2, -0.15) is 0 Å². The minimum atomic E-state index is 0. The summed E-state index contributed by atoms with van der Waals surface area (Å²) in [5, 5.41) is 3.19. The highest BCUT2D eigenvalue weighted by Gasteiger charge is 2.58. The van der Waals surface area contributed by atoms with Crippen molar-refractivity contribution in [1.82, 2.24) is 5.32 Å². The van der Waals surface area contributed by atoms with Crippen LogP contribution in [0.4, 0.5) is 0 Å². The average molecular weight is 376 g/mol. The predicted molar refractivity (Wildman–Crippen MR) is 112 cm³/mol. The number of carbonyl (C=O) groups excluding carboxylic acids is 1. The van der Waals surface area contributed by atoms with E-state index < -0.39 is 0 Å². The molecule has 0 aromatic rings. The van der Waals surface area contributed by atoms with Crippen molar-refractivity contribution < 1.29 is 9.53 Å². The lowest BCUT2D eigenvalue weighted by Crippen LogP contribution is -2.50. The molecule has 0 spiro atoms. The number of fused-ring (bicyclic) bond motifs is 5. The van der Waals surface area contributed by atoms with Crippen LogP contribution < -0.4 is 5.32 Å². The molecule has 3 saturated carbocycles. The molecule has 4 aliphatic rings. The second-order valence-electron chi connectivity index (χ2n) is 9.85. The molecule has 1 N–H and O–H groups in total. The van der Waals surface area contributed by atoms with E-state index >= 15 is 0 Å². The minimum absolute atomic E-state index is 0. The Morgan fingerprint density at radius 1 is 1.07 bits per heavy atom. The van der Waals surface area contributed by atoms with Gasteiger partial charge in [-0.25, -0.2) is 0 Å². The summed E-state index contributed by atoms with van der Waals surface area (Å²) in [6.45, 7) is 6.71. The largest absolute Gasteiger partial charge is 0.374 e. The third kappa shape index (κ3) is 3.44. The first-order valence-corrected chi connectivity index (χ1v) is 11.0. The van der Waals surface area contributed by atoms with Gasteiger partial charge in [0.05, 0.1) is 6.10 Å². The van der Waals surface area contributed by atoms with Gasteiger partial charge in [0, 0.05) is 18.4 Å². The third-order valence-corrected chi connectivity index (χ3v) is 8.68. The molecular weight excluding hydrogens is 334 g/mol. The number of allylic oxidation sites excluding steroid dienone is 1. The Hall–Kier alpha value is -0.670. The molecule has 0 bridgehead atoms. The molecule has 0 aromatic carbocycles. The van der Waals surface area contributed by atoms with Crippen LogP contribution in [0.3, 0.4) is 0 Å². The fourth-order valence-electron chi connectivity index (χ4n) is 7.08. The van der Waals surface area contributed by atoms with E-state index in [0.29, 0.717) is 23.2 Å². The minimum Gasteiger partial charge on any atom is -0.374 e. The fourth-order valence-corrected chi connectivity index (χ4v) is 7.08. The Morgan fingerprint density at radius 3 is 2.59 bits per heavy atom. The van der Waals surface area contributed by atoms with E-state index in [0.717, 1.165) is 50.7 Å². The number of hydrogen-bond donors (Lipinski definition) is 1. The molecule has 3 fully saturated rings. The van der Waals surface area contributed by atoms with E-state index in [1.165, 1.54) is 32.1 Å². The van der Waals surface area contributed by atoms with Crippen molar-refractivity contribution in [3.8, 4) is 0 Å². The van der Waals surface area contributed by atoms with Gasteiger partial charge in [-0.15, -0.1) is 0 Å². The normalized spacial score (nSPS) is 43.2. The molecule has 3 unspecified atom stereocenters.